The van der Waals surface area contributed by atoms with Crippen LogP contribution in [0.1, 0.15) is 20.9 Å². The van der Waals surface area contributed by atoms with E-state index >= 15 is 0 Å². The number of nitrogens with one attached hydrogen (secondary N) is 1. The lowest BCUT2D eigenvalue weighted by Crippen LogP contribution is -2.22. The van der Waals surface area contributed by atoms with Crippen LogP contribution in [0, 0.1) is 0 Å². The number of nitrogens with zero attached hydrogens (tertiary/aromatic N) is 1. The van der Waals surface area contributed by atoms with Gasteiger partial charge in [0.1, 0.15) is 12.4 Å². The second-order valence-electron chi connectivity index (χ2n) is 6.09. The molecule has 0 aliphatic heterocycles. The van der Waals surface area contributed by atoms with Gasteiger partial charge < -0.3 is 10.1 Å². The molecule has 0 aliphatic rings. The van der Waals surface area contributed by atoms with Gasteiger partial charge in [-0.05, 0) is 35.4 Å². The number of thiazole rings is 1. The molecule has 0 saturated carbocycles. The second-order valence-corrected chi connectivity index (χ2v) is 7.12. The Labute approximate surface area is 161 Å². The fourth-order valence-corrected chi connectivity index (χ4v) is 3.55. The van der Waals surface area contributed by atoms with Crippen LogP contribution in [0.25, 0.3) is 10.2 Å². The molecule has 4 aromatic rings. The van der Waals surface area contributed by atoms with Crippen molar-refractivity contribution in [2.45, 2.75) is 13.2 Å². The number of fused-ring (bicyclic) bond motifs is 1. The number of rotatable bonds is 6. The molecule has 1 aromatic heterocycles. The van der Waals surface area contributed by atoms with Gasteiger partial charge in [-0.25, -0.2) is 4.98 Å². The third-order valence-corrected chi connectivity index (χ3v) is 5.15. The van der Waals surface area contributed by atoms with E-state index in [2.05, 4.69) is 10.3 Å². The predicted molar refractivity (Wildman–Crippen MR) is 108 cm³/mol. The fraction of sp³-hybridized carbons (Fsp3) is 0.0909. The van der Waals surface area contributed by atoms with Crippen molar-refractivity contribution >= 4 is 27.5 Å². The van der Waals surface area contributed by atoms with Crippen molar-refractivity contribution < 1.29 is 9.53 Å². The molecule has 134 valence electrons. The average molecular weight is 374 g/mol. The number of benzene rings is 3. The zero-order valence-corrected chi connectivity index (χ0v) is 15.4. The summed E-state index contributed by atoms with van der Waals surface area (Å²) >= 11 is 1.40. The van der Waals surface area contributed by atoms with Gasteiger partial charge in [0.2, 0.25) is 0 Å². The van der Waals surface area contributed by atoms with Gasteiger partial charge in [-0.2, -0.15) is 0 Å². The molecule has 0 radical (unpaired) electrons. The summed E-state index contributed by atoms with van der Waals surface area (Å²) in [4.78, 5) is 16.7. The summed E-state index contributed by atoms with van der Waals surface area (Å²) in [6.07, 6.45) is 0. The van der Waals surface area contributed by atoms with Gasteiger partial charge in [-0.1, -0.05) is 54.6 Å². The summed E-state index contributed by atoms with van der Waals surface area (Å²) in [5.41, 5.74) is 2.99. The minimum absolute atomic E-state index is 0.152. The zero-order chi connectivity index (χ0) is 18.5. The first-order valence-electron chi connectivity index (χ1n) is 8.67. The Kier molecular flexibility index (Phi) is 5.12. The highest BCUT2D eigenvalue weighted by Crippen LogP contribution is 2.21. The van der Waals surface area contributed by atoms with Gasteiger partial charge in [0.15, 0.2) is 5.01 Å². The van der Waals surface area contributed by atoms with Crippen LogP contribution in [0.5, 0.6) is 5.75 Å². The van der Waals surface area contributed by atoms with Crippen molar-refractivity contribution in [1.29, 1.82) is 0 Å². The maximum atomic E-state index is 12.3. The number of aromatic nitrogens is 1. The van der Waals surface area contributed by atoms with E-state index in [0.717, 1.165) is 27.1 Å². The molecule has 4 rings (SSSR count). The van der Waals surface area contributed by atoms with Gasteiger partial charge >= 0.3 is 0 Å². The van der Waals surface area contributed by atoms with Gasteiger partial charge in [0, 0.05) is 6.54 Å². The Hall–Kier alpha value is -3.18. The topological polar surface area (TPSA) is 51.2 Å². The zero-order valence-electron chi connectivity index (χ0n) is 14.6. The number of para-hydroxylation sites is 1. The summed E-state index contributed by atoms with van der Waals surface area (Å²) in [6, 6.07) is 25.6. The largest absolute Gasteiger partial charge is 0.489 e. The molecular weight excluding hydrogens is 356 g/mol. The molecule has 0 spiro atoms. The number of ether oxygens (including phenoxy) is 1. The molecule has 27 heavy (non-hydrogen) atoms. The molecule has 0 unspecified atom stereocenters. The molecule has 0 fully saturated rings. The number of hydrogen-bond donors (Lipinski definition) is 1. The van der Waals surface area contributed by atoms with Crippen molar-refractivity contribution in [3.05, 3.63) is 95.0 Å². The minimum Gasteiger partial charge on any atom is -0.489 e. The number of carbonyl (C=O) groups excluding carboxylic acids is 1. The molecule has 4 nitrogen and oxygen atoms in total. The van der Waals surface area contributed by atoms with E-state index in [0.29, 0.717) is 18.2 Å². The predicted octanol–water partition coefficient (Wildman–Crippen LogP) is 4.81. The summed E-state index contributed by atoms with van der Waals surface area (Å²) in [6.45, 7) is 0.988. The lowest BCUT2D eigenvalue weighted by molar-refractivity contribution is 0.0950. The molecule has 1 heterocycles. The SMILES string of the molecule is O=C(NCc1ccc(OCc2ccccc2)cc1)c1nc2ccccc2s1. The van der Waals surface area contributed by atoms with E-state index in [1.54, 1.807) is 0 Å². The quantitative estimate of drug-likeness (QED) is 0.527. The van der Waals surface area contributed by atoms with E-state index < -0.39 is 0 Å². The maximum absolute atomic E-state index is 12.3. The monoisotopic (exact) mass is 374 g/mol. The first kappa shape index (κ1) is 17.2. The summed E-state index contributed by atoms with van der Waals surface area (Å²) < 4.78 is 6.80. The third kappa shape index (κ3) is 4.33. The van der Waals surface area contributed by atoms with Crippen LogP contribution < -0.4 is 10.1 Å². The first-order valence-corrected chi connectivity index (χ1v) is 9.49. The molecule has 1 N–H and O–H groups in total. The normalized spacial score (nSPS) is 10.7. The van der Waals surface area contributed by atoms with Crippen LogP contribution >= 0.6 is 11.3 Å². The van der Waals surface area contributed by atoms with Crippen LogP contribution in [0.2, 0.25) is 0 Å². The van der Waals surface area contributed by atoms with Gasteiger partial charge in [0.05, 0.1) is 10.2 Å². The highest BCUT2D eigenvalue weighted by Gasteiger charge is 2.11. The van der Waals surface area contributed by atoms with Crippen molar-refractivity contribution in [3.63, 3.8) is 0 Å². The Balaban J connectivity index is 1.32. The third-order valence-electron chi connectivity index (χ3n) is 4.11. The number of amides is 1. The summed E-state index contributed by atoms with van der Waals surface area (Å²) in [7, 11) is 0. The molecule has 3 aromatic carbocycles. The van der Waals surface area contributed by atoms with Gasteiger partial charge in [-0.3, -0.25) is 4.79 Å². The highest BCUT2D eigenvalue weighted by atomic mass is 32.1. The van der Waals surface area contributed by atoms with E-state index in [1.807, 2.05) is 78.9 Å². The Morgan fingerprint density at radius 1 is 0.889 bits per heavy atom. The molecule has 1 amide bonds. The molecule has 0 aliphatic carbocycles. The van der Waals surface area contributed by atoms with E-state index in [-0.39, 0.29) is 5.91 Å². The molecule has 0 bridgehead atoms. The van der Waals surface area contributed by atoms with Crippen LogP contribution in [0.4, 0.5) is 0 Å². The standard InChI is InChI=1S/C22H18N2O2S/c25-21(22-24-19-8-4-5-9-20(19)27-22)23-14-16-10-12-18(13-11-16)26-15-17-6-2-1-3-7-17/h1-13H,14-15H2,(H,23,25). The Bertz CT molecular complexity index is 1010. The fourth-order valence-electron chi connectivity index (χ4n) is 2.67. The summed E-state index contributed by atoms with van der Waals surface area (Å²) in [5.74, 6) is 0.653. The Morgan fingerprint density at radius 2 is 1.63 bits per heavy atom. The first-order chi connectivity index (χ1) is 13.3. The lowest BCUT2D eigenvalue weighted by Gasteiger charge is -2.08. The van der Waals surface area contributed by atoms with Crippen LogP contribution in [0.3, 0.4) is 0 Å². The minimum atomic E-state index is -0.152. The van der Waals surface area contributed by atoms with Crippen LogP contribution in [0.15, 0.2) is 78.9 Å². The van der Waals surface area contributed by atoms with Gasteiger partial charge in [0.25, 0.3) is 5.91 Å². The lowest BCUT2D eigenvalue weighted by atomic mass is 10.2. The van der Waals surface area contributed by atoms with Crippen LogP contribution in [-0.4, -0.2) is 10.9 Å². The molecular formula is C22H18N2O2S. The van der Waals surface area contributed by atoms with Crippen molar-refractivity contribution in [2.75, 3.05) is 0 Å². The van der Waals surface area contributed by atoms with E-state index in [1.165, 1.54) is 11.3 Å². The van der Waals surface area contributed by atoms with E-state index in [9.17, 15) is 4.79 Å². The van der Waals surface area contributed by atoms with Crippen molar-refractivity contribution in [3.8, 4) is 5.75 Å². The number of hydrogen-bond acceptors (Lipinski definition) is 4. The number of carbonyl (C=O) groups is 1. The van der Waals surface area contributed by atoms with E-state index in [4.69, 9.17) is 4.74 Å². The molecule has 5 heteroatoms. The average Bonchev–Trinajstić information content (AvgIpc) is 3.16. The van der Waals surface area contributed by atoms with Crippen LogP contribution in [-0.2, 0) is 13.2 Å². The maximum Gasteiger partial charge on any atom is 0.280 e. The summed E-state index contributed by atoms with van der Waals surface area (Å²) in [5, 5.41) is 3.41. The highest BCUT2D eigenvalue weighted by molar-refractivity contribution is 7.20. The van der Waals surface area contributed by atoms with Crippen molar-refractivity contribution in [2.24, 2.45) is 0 Å². The smallest absolute Gasteiger partial charge is 0.280 e. The Morgan fingerprint density at radius 3 is 2.41 bits per heavy atom. The molecule has 0 atom stereocenters. The van der Waals surface area contributed by atoms with Crippen molar-refractivity contribution in [1.82, 2.24) is 10.3 Å². The second kappa shape index (κ2) is 8.01. The molecule has 0 saturated heterocycles. The van der Waals surface area contributed by atoms with Gasteiger partial charge in [-0.15, -0.1) is 11.3 Å².